The predicted molar refractivity (Wildman–Crippen MR) is 78.1 cm³/mol. The van der Waals surface area contributed by atoms with Gasteiger partial charge in [0.25, 0.3) is 10.1 Å². The van der Waals surface area contributed by atoms with Gasteiger partial charge in [-0.3, -0.25) is 4.55 Å². The zero-order valence-corrected chi connectivity index (χ0v) is 12.1. The van der Waals surface area contributed by atoms with E-state index in [2.05, 4.69) is 9.47 Å². The number of aliphatic hydroxyl groups excluding tert-OH is 2. The third kappa shape index (κ3) is 6.70. The molecule has 0 aliphatic heterocycles. The van der Waals surface area contributed by atoms with Crippen LogP contribution in [0.3, 0.4) is 0 Å². The van der Waals surface area contributed by atoms with E-state index in [0.717, 1.165) is 18.2 Å². The summed E-state index contributed by atoms with van der Waals surface area (Å²) in [7, 11) is -4.67. The van der Waals surface area contributed by atoms with E-state index >= 15 is 0 Å². The van der Waals surface area contributed by atoms with Gasteiger partial charge in [0.05, 0.1) is 29.2 Å². The first-order valence-corrected chi connectivity index (χ1v) is 7.42. The van der Waals surface area contributed by atoms with Gasteiger partial charge in [0.1, 0.15) is 13.2 Å². The molecule has 0 heterocycles. The van der Waals surface area contributed by atoms with Crippen molar-refractivity contribution in [3.63, 3.8) is 0 Å². The second kappa shape index (κ2) is 9.67. The molecule has 0 atom stereocenters. The van der Waals surface area contributed by atoms with Crippen molar-refractivity contribution in [1.82, 2.24) is 0 Å². The maximum atomic E-state index is 11.7. The van der Waals surface area contributed by atoms with Crippen LogP contribution in [0.4, 0.5) is 0 Å². The summed E-state index contributed by atoms with van der Waals surface area (Å²) < 4.78 is 40.6. The van der Waals surface area contributed by atoms with Crippen molar-refractivity contribution in [3.05, 3.63) is 29.3 Å². The Balaban J connectivity index is 0.00000484. The number of aliphatic hydroxyl groups is 2. The zero-order valence-electron chi connectivity index (χ0n) is 11.3. The van der Waals surface area contributed by atoms with Crippen LogP contribution >= 0.6 is 0 Å². The third-order valence-corrected chi connectivity index (χ3v) is 3.16. The van der Waals surface area contributed by atoms with Gasteiger partial charge in [0, 0.05) is 0 Å². The molecule has 0 radical (unpaired) electrons. The molecule has 0 bridgehead atoms. The summed E-state index contributed by atoms with van der Waals surface area (Å²) in [5.41, 5.74) is -0.640. The van der Waals surface area contributed by atoms with Crippen LogP contribution < -0.4 is 0 Å². The van der Waals surface area contributed by atoms with Crippen LogP contribution in [0.25, 0.3) is 0 Å². The van der Waals surface area contributed by atoms with Crippen LogP contribution in [0.1, 0.15) is 20.7 Å². The zero-order chi connectivity index (χ0) is 16.8. The van der Waals surface area contributed by atoms with Crippen molar-refractivity contribution in [3.8, 4) is 0 Å². The summed E-state index contributed by atoms with van der Waals surface area (Å²) in [4.78, 5) is 22.6. The van der Waals surface area contributed by atoms with E-state index in [-0.39, 0.29) is 43.2 Å². The Morgan fingerprint density at radius 2 is 1.30 bits per heavy atom. The Hall–Kier alpha value is -1.41. The number of carbonyl (C=O) groups excluding carboxylic acids is 2. The number of rotatable bonds is 7. The van der Waals surface area contributed by atoms with Crippen LogP contribution in [0, 0.1) is 0 Å². The van der Waals surface area contributed by atoms with Gasteiger partial charge in [-0.25, -0.2) is 9.59 Å². The monoisotopic (exact) mass is 342 g/mol. The first kappa shape index (κ1) is 21.6. The Labute approximate surface area is 144 Å². The topological polar surface area (TPSA) is 147 Å². The molecule has 11 heteroatoms. The third-order valence-electron chi connectivity index (χ3n) is 2.32. The molecule has 0 amide bonds. The van der Waals surface area contributed by atoms with Crippen molar-refractivity contribution in [1.29, 1.82) is 0 Å². The number of hydrogen-bond acceptors (Lipinski definition) is 8. The number of esters is 2. The average Bonchev–Trinajstić information content (AvgIpc) is 2.48. The Bertz CT molecular complexity index is 618. The van der Waals surface area contributed by atoms with Crippen molar-refractivity contribution in [2.24, 2.45) is 0 Å². The van der Waals surface area contributed by atoms with E-state index in [4.69, 9.17) is 14.8 Å². The molecule has 23 heavy (non-hydrogen) atoms. The van der Waals surface area contributed by atoms with E-state index in [9.17, 15) is 18.0 Å². The van der Waals surface area contributed by atoms with E-state index in [0.29, 0.717) is 0 Å². The number of benzene rings is 1. The van der Waals surface area contributed by atoms with Gasteiger partial charge in [-0.15, -0.1) is 0 Å². The molecular weight excluding hydrogens is 327 g/mol. The van der Waals surface area contributed by atoms with Gasteiger partial charge in [-0.2, -0.15) is 8.42 Å². The number of carbonyl (C=O) groups is 2. The van der Waals surface area contributed by atoms with Gasteiger partial charge in [0.15, 0.2) is 0 Å². The summed E-state index contributed by atoms with van der Waals surface area (Å²) in [6.07, 6.45) is 0. The van der Waals surface area contributed by atoms with E-state index in [1.807, 2.05) is 0 Å². The van der Waals surface area contributed by atoms with Crippen LogP contribution in [-0.4, -0.2) is 80.4 Å². The van der Waals surface area contributed by atoms with Crippen molar-refractivity contribution < 1.29 is 42.2 Å². The molecule has 0 unspecified atom stereocenters. The van der Waals surface area contributed by atoms with Gasteiger partial charge < -0.3 is 19.7 Å². The van der Waals surface area contributed by atoms with Gasteiger partial charge >= 0.3 is 30.8 Å². The van der Waals surface area contributed by atoms with Crippen molar-refractivity contribution >= 4 is 40.9 Å². The van der Waals surface area contributed by atoms with Crippen molar-refractivity contribution in [2.45, 2.75) is 4.90 Å². The summed E-state index contributed by atoms with van der Waals surface area (Å²) in [6, 6.07) is 2.64. The molecule has 0 spiro atoms. The van der Waals surface area contributed by atoms with E-state index in [1.165, 1.54) is 0 Å². The fourth-order valence-electron chi connectivity index (χ4n) is 1.43. The second-order valence-electron chi connectivity index (χ2n) is 3.94. The van der Waals surface area contributed by atoms with Crippen LogP contribution in [0.5, 0.6) is 0 Å². The molecule has 3 N–H and O–H groups in total. The summed E-state index contributed by atoms with van der Waals surface area (Å²) in [5, 5.41) is 17.1. The Morgan fingerprint density at radius 3 is 1.61 bits per heavy atom. The van der Waals surface area contributed by atoms with Crippen molar-refractivity contribution in [2.75, 3.05) is 26.4 Å². The predicted octanol–water partition coefficient (Wildman–Crippen LogP) is -1.42. The fourth-order valence-corrected chi connectivity index (χ4v) is 1.98. The molecule has 0 saturated carbocycles. The molecule has 1 rings (SSSR count). The van der Waals surface area contributed by atoms with Gasteiger partial charge in [-0.05, 0) is 18.2 Å². The summed E-state index contributed by atoms with van der Waals surface area (Å²) in [5.74, 6) is -1.98. The van der Waals surface area contributed by atoms with Crippen LogP contribution in [0.15, 0.2) is 23.1 Å². The van der Waals surface area contributed by atoms with E-state index in [1.54, 1.807) is 0 Å². The van der Waals surface area contributed by atoms with E-state index < -0.39 is 40.2 Å². The van der Waals surface area contributed by atoms with Crippen LogP contribution in [0.2, 0.25) is 0 Å². The average molecular weight is 342 g/mol. The molecule has 9 nitrogen and oxygen atoms in total. The van der Waals surface area contributed by atoms with Gasteiger partial charge in [0.2, 0.25) is 0 Å². The minimum absolute atomic E-state index is 0. The molecule has 0 aliphatic rings. The maximum absolute atomic E-state index is 11.7. The molecular formula is C12H15LiO9S. The normalized spacial score (nSPS) is 10.6. The second-order valence-corrected chi connectivity index (χ2v) is 5.36. The molecule has 0 aromatic heterocycles. The Kier molecular flexibility index (Phi) is 9.07. The quantitative estimate of drug-likeness (QED) is 0.308. The summed E-state index contributed by atoms with van der Waals surface area (Å²) >= 11 is 0. The molecule has 0 saturated heterocycles. The number of hydrogen-bond donors (Lipinski definition) is 3. The fraction of sp³-hybridized carbons (Fsp3) is 0.333. The number of ether oxygens (including phenoxy) is 2. The molecule has 0 fully saturated rings. The molecule has 124 valence electrons. The first-order valence-electron chi connectivity index (χ1n) is 5.98. The minimum atomic E-state index is -4.67. The SMILES string of the molecule is O=C(OCCO)c1cc(C(=O)OCCO)cc(S(=O)(=O)O)c1.[LiH]. The molecule has 1 aromatic carbocycles. The van der Waals surface area contributed by atoms with Gasteiger partial charge in [-0.1, -0.05) is 0 Å². The first-order chi connectivity index (χ1) is 10.3. The Morgan fingerprint density at radius 1 is 0.913 bits per heavy atom. The molecule has 0 aliphatic carbocycles. The van der Waals surface area contributed by atoms with Crippen LogP contribution in [-0.2, 0) is 19.6 Å². The summed E-state index contributed by atoms with van der Waals surface area (Å²) in [6.45, 7) is -1.51. The molecule has 1 aromatic rings. The standard InChI is InChI=1S/C12H14O9S.Li.H/c13-1-3-20-11(15)8-5-9(12(16)21-4-2-14)7-10(6-8)22(17,18)19;;/h5-7,13-14H,1-4H2,(H,17,18,19);;.